The summed E-state index contributed by atoms with van der Waals surface area (Å²) in [7, 11) is 0. The zero-order chi connectivity index (χ0) is 20.3. The van der Waals surface area contributed by atoms with Gasteiger partial charge >= 0.3 is 5.97 Å². The Bertz CT molecular complexity index is 812. The van der Waals surface area contributed by atoms with Gasteiger partial charge in [-0.05, 0) is 79.7 Å². The fourth-order valence-electron chi connectivity index (χ4n) is 3.87. The van der Waals surface area contributed by atoms with Crippen molar-refractivity contribution < 1.29 is 19.2 Å². The first-order valence-electron chi connectivity index (χ1n) is 9.88. The molecule has 0 aliphatic carbocycles. The Hall–Kier alpha value is -2.05. The van der Waals surface area contributed by atoms with Crippen LogP contribution in [0.2, 0.25) is 0 Å². The van der Waals surface area contributed by atoms with Crippen molar-refractivity contribution in [2.75, 3.05) is 12.3 Å². The van der Waals surface area contributed by atoms with Crippen molar-refractivity contribution >= 4 is 22.9 Å². The van der Waals surface area contributed by atoms with Crippen LogP contribution in [0.15, 0.2) is 52.1 Å². The number of Topliss-reactive ketones (excluding diaryl/α,β-unsaturated/α-hetero) is 1. The number of benzene rings is 1. The number of hydrogen-bond donors (Lipinski definition) is 1. The molecule has 0 aromatic heterocycles. The molecule has 0 bridgehead atoms. The first kappa shape index (κ1) is 20.7. The molecule has 3 rings (SSSR count). The van der Waals surface area contributed by atoms with Crippen LogP contribution in [0.1, 0.15) is 56.3 Å². The average molecular weight is 402 g/mol. The third-order valence-electron chi connectivity index (χ3n) is 5.39. The van der Waals surface area contributed by atoms with Crippen molar-refractivity contribution in [3.8, 4) is 0 Å². The smallest absolute Gasteiger partial charge is 0.333 e. The largest absolute Gasteiger partial charge is 0.611 e. The molecule has 2 heterocycles. The van der Waals surface area contributed by atoms with E-state index in [1.165, 1.54) is 0 Å². The van der Waals surface area contributed by atoms with Gasteiger partial charge in [0, 0.05) is 17.8 Å². The number of fused-ring (bicyclic) bond motifs is 1. The van der Waals surface area contributed by atoms with Gasteiger partial charge in [0.25, 0.3) is 0 Å². The molecule has 2 unspecified atom stereocenters. The molecule has 6 heteroatoms. The SMILES string of the molecule is CCCC[S+]([O-])c1ccc(C(=O)C2C(C)=CC3=C(C(=O)O)CCCCN32)cc1. The number of carbonyl (C=O) groups is 2. The molecule has 2 aliphatic rings. The van der Waals surface area contributed by atoms with E-state index in [0.29, 0.717) is 35.6 Å². The Morgan fingerprint density at radius 2 is 1.96 bits per heavy atom. The lowest BCUT2D eigenvalue weighted by Gasteiger charge is -2.28. The minimum absolute atomic E-state index is 0.0405. The highest BCUT2D eigenvalue weighted by atomic mass is 32.2. The van der Waals surface area contributed by atoms with Crippen molar-refractivity contribution in [2.24, 2.45) is 0 Å². The Morgan fingerprint density at radius 3 is 2.61 bits per heavy atom. The van der Waals surface area contributed by atoms with Gasteiger partial charge in [-0.2, -0.15) is 0 Å². The average Bonchev–Trinajstić information content (AvgIpc) is 2.86. The van der Waals surface area contributed by atoms with Gasteiger partial charge in [0.15, 0.2) is 10.7 Å². The highest BCUT2D eigenvalue weighted by Crippen LogP contribution is 2.35. The first-order chi connectivity index (χ1) is 13.4. The van der Waals surface area contributed by atoms with Crippen molar-refractivity contribution in [1.29, 1.82) is 0 Å². The second-order valence-electron chi connectivity index (χ2n) is 7.40. The van der Waals surface area contributed by atoms with E-state index in [0.717, 1.165) is 36.2 Å². The Labute approximate surface area is 169 Å². The van der Waals surface area contributed by atoms with E-state index >= 15 is 0 Å². The van der Waals surface area contributed by atoms with Gasteiger partial charge in [0.1, 0.15) is 11.8 Å². The van der Waals surface area contributed by atoms with Crippen LogP contribution in [0.25, 0.3) is 0 Å². The van der Waals surface area contributed by atoms with Crippen LogP contribution in [0.4, 0.5) is 0 Å². The van der Waals surface area contributed by atoms with Crippen LogP contribution in [0, 0.1) is 0 Å². The van der Waals surface area contributed by atoms with E-state index in [2.05, 4.69) is 6.92 Å². The summed E-state index contributed by atoms with van der Waals surface area (Å²) in [4.78, 5) is 27.6. The number of rotatable bonds is 7. The third kappa shape index (κ3) is 4.18. The molecule has 0 spiro atoms. The minimum atomic E-state index is -1.04. The van der Waals surface area contributed by atoms with Crippen molar-refractivity contribution in [3.05, 3.63) is 52.7 Å². The summed E-state index contributed by atoms with van der Waals surface area (Å²) in [5, 5.41) is 9.55. The topological polar surface area (TPSA) is 80.7 Å². The molecule has 0 fully saturated rings. The van der Waals surface area contributed by atoms with Crippen LogP contribution in [0.3, 0.4) is 0 Å². The predicted octanol–water partition coefficient (Wildman–Crippen LogP) is 3.93. The highest BCUT2D eigenvalue weighted by molar-refractivity contribution is 7.91. The maximum Gasteiger partial charge on any atom is 0.333 e. The fraction of sp³-hybridized carbons (Fsp3) is 0.455. The van der Waals surface area contributed by atoms with Gasteiger partial charge in [-0.15, -0.1) is 0 Å². The summed E-state index contributed by atoms with van der Waals surface area (Å²) >= 11 is -1.04. The van der Waals surface area contributed by atoms with Crippen molar-refractivity contribution in [1.82, 2.24) is 4.90 Å². The Morgan fingerprint density at radius 1 is 1.25 bits per heavy atom. The number of hydrogen-bond acceptors (Lipinski definition) is 4. The van der Waals surface area contributed by atoms with Crippen LogP contribution >= 0.6 is 0 Å². The number of aliphatic carboxylic acids is 1. The maximum atomic E-state index is 13.2. The molecule has 28 heavy (non-hydrogen) atoms. The number of ketones is 1. The first-order valence-corrected chi connectivity index (χ1v) is 11.2. The van der Waals surface area contributed by atoms with Gasteiger partial charge in [-0.3, -0.25) is 4.79 Å². The van der Waals surface area contributed by atoms with E-state index in [1.807, 2.05) is 17.9 Å². The zero-order valence-corrected chi connectivity index (χ0v) is 17.3. The Balaban J connectivity index is 1.83. The van der Waals surface area contributed by atoms with E-state index in [1.54, 1.807) is 24.3 Å². The van der Waals surface area contributed by atoms with Crippen LogP contribution in [-0.4, -0.2) is 44.7 Å². The van der Waals surface area contributed by atoms with Gasteiger partial charge < -0.3 is 14.6 Å². The summed E-state index contributed by atoms with van der Waals surface area (Å²) in [6.45, 7) is 4.63. The second kappa shape index (κ2) is 8.97. The molecule has 2 atom stereocenters. The number of carboxylic acids is 1. The van der Waals surface area contributed by atoms with Crippen molar-refractivity contribution in [3.63, 3.8) is 0 Å². The summed E-state index contributed by atoms with van der Waals surface area (Å²) in [5.41, 5.74) is 2.51. The molecule has 0 saturated heterocycles. The predicted molar refractivity (Wildman–Crippen MR) is 110 cm³/mol. The normalized spacial score (nSPS) is 20.5. The molecular formula is C22H27NO4S. The molecular weight excluding hydrogens is 374 g/mol. The lowest BCUT2D eigenvalue weighted by Crippen LogP contribution is -2.38. The summed E-state index contributed by atoms with van der Waals surface area (Å²) < 4.78 is 12.3. The number of nitrogens with zero attached hydrogens (tertiary/aromatic N) is 1. The molecule has 1 aromatic rings. The summed E-state index contributed by atoms with van der Waals surface area (Å²) in [6.07, 6.45) is 5.97. The highest BCUT2D eigenvalue weighted by Gasteiger charge is 2.37. The van der Waals surface area contributed by atoms with E-state index in [4.69, 9.17) is 0 Å². The number of allylic oxidation sites excluding steroid dienone is 1. The zero-order valence-electron chi connectivity index (χ0n) is 16.4. The van der Waals surface area contributed by atoms with E-state index in [9.17, 15) is 19.2 Å². The van der Waals surface area contributed by atoms with Gasteiger partial charge in [-0.25, -0.2) is 4.79 Å². The van der Waals surface area contributed by atoms with Crippen LogP contribution < -0.4 is 0 Å². The third-order valence-corrected chi connectivity index (χ3v) is 6.85. The molecule has 1 aromatic carbocycles. The summed E-state index contributed by atoms with van der Waals surface area (Å²) in [5.74, 6) is -0.312. The number of carbonyl (C=O) groups excluding carboxylic acids is 1. The molecule has 0 saturated carbocycles. The lowest BCUT2D eigenvalue weighted by molar-refractivity contribution is -0.132. The molecule has 1 N–H and O–H groups in total. The standard InChI is InChI=1S/C22H27NO4S/c1-3-4-13-28(27)17-10-8-16(9-11-17)21(24)20-15(2)14-19-18(22(25)26)7-5-6-12-23(19)20/h8-11,14,20H,3-7,12-13H2,1-2H3,(H,25,26). The quantitative estimate of drug-likeness (QED) is 0.553. The lowest BCUT2D eigenvalue weighted by atomic mass is 9.99. The van der Waals surface area contributed by atoms with Crippen molar-refractivity contribution in [2.45, 2.75) is 56.9 Å². The molecule has 5 nitrogen and oxygen atoms in total. The molecule has 0 amide bonds. The fourth-order valence-corrected chi connectivity index (χ4v) is 5.10. The van der Waals surface area contributed by atoms with Gasteiger partial charge in [-0.1, -0.05) is 13.3 Å². The van der Waals surface area contributed by atoms with E-state index < -0.39 is 23.2 Å². The molecule has 2 aliphatic heterocycles. The maximum absolute atomic E-state index is 13.2. The van der Waals surface area contributed by atoms with Gasteiger partial charge in [0.05, 0.1) is 5.57 Å². The van der Waals surface area contributed by atoms with Crippen LogP contribution in [-0.2, 0) is 16.0 Å². The van der Waals surface area contributed by atoms with E-state index in [-0.39, 0.29) is 5.78 Å². The number of carboxylic acid groups (broad SMARTS) is 1. The monoisotopic (exact) mass is 401 g/mol. The molecule has 150 valence electrons. The summed E-state index contributed by atoms with van der Waals surface area (Å²) in [6, 6.07) is 6.57. The van der Waals surface area contributed by atoms with Gasteiger partial charge in [0.2, 0.25) is 0 Å². The second-order valence-corrected chi connectivity index (χ2v) is 8.97. The number of unbranched alkanes of at least 4 members (excludes halogenated alkanes) is 1. The van der Waals surface area contributed by atoms with Crippen LogP contribution in [0.5, 0.6) is 0 Å². The Kier molecular flexibility index (Phi) is 6.62. The minimum Gasteiger partial charge on any atom is -0.611 e. The molecule has 0 radical (unpaired) electrons.